The van der Waals surface area contributed by atoms with E-state index in [4.69, 9.17) is 10.5 Å². The van der Waals surface area contributed by atoms with E-state index in [2.05, 4.69) is 17.9 Å². The highest BCUT2D eigenvalue weighted by Gasteiger charge is 2.38. The summed E-state index contributed by atoms with van der Waals surface area (Å²) in [6, 6.07) is 3.16. The van der Waals surface area contributed by atoms with Crippen LogP contribution in [0, 0.1) is 13.8 Å². The number of rotatable bonds is 5. The van der Waals surface area contributed by atoms with E-state index >= 15 is 0 Å². The lowest BCUT2D eigenvalue weighted by molar-refractivity contribution is -0.140. The monoisotopic (exact) mass is 368 g/mol. The molecule has 0 saturated carbocycles. The third-order valence-corrected chi connectivity index (χ3v) is 3.94. The molecular weight excluding hydrogens is 344 g/mol. The summed E-state index contributed by atoms with van der Waals surface area (Å²) < 4.78 is 5.11. The van der Waals surface area contributed by atoms with Crippen molar-refractivity contribution in [2.75, 3.05) is 0 Å². The van der Waals surface area contributed by atoms with Gasteiger partial charge in [0.2, 0.25) is 5.91 Å². The van der Waals surface area contributed by atoms with Gasteiger partial charge in [-0.3, -0.25) is 10.1 Å². The van der Waals surface area contributed by atoms with Crippen molar-refractivity contribution < 1.29 is 24.2 Å². The first-order valence-corrected chi connectivity index (χ1v) is 8.07. The number of thiol groups is 1. The molecule has 0 unspecified atom stereocenters. The van der Waals surface area contributed by atoms with Gasteiger partial charge in [-0.1, -0.05) is 0 Å². The van der Waals surface area contributed by atoms with Crippen LogP contribution in [-0.4, -0.2) is 33.5 Å². The molecule has 0 fully saturated rings. The highest BCUT2D eigenvalue weighted by atomic mass is 32.1. The van der Waals surface area contributed by atoms with Crippen molar-refractivity contribution in [3.63, 3.8) is 0 Å². The number of carbonyl (C=O) groups is 3. The van der Waals surface area contributed by atoms with Crippen LogP contribution in [0.3, 0.4) is 0 Å². The van der Waals surface area contributed by atoms with Gasteiger partial charge in [-0.05, 0) is 63.4 Å². The second kappa shape index (κ2) is 7.35. The number of carboxylic acids is 1. The molecule has 0 aliphatic heterocycles. The van der Waals surface area contributed by atoms with Crippen LogP contribution in [0.4, 0.5) is 4.79 Å². The quantitative estimate of drug-likeness (QED) is 0.469. The molecule has 2 amide bonds. The Balaban J connectivity index is 3.15. The van der Waals surface area contributed by atoms with E-state index in [0.717, 1.165) is 0 Å². The summed E-state index contributed by atoms with van der Waals surface area (Å²) in [5, 5.41) is 11.8. The van der Waals surface area contributed by atoms with E-state index in [1.54, 1.807) is 46.8 Å². The van der Waals surface area contributed by atoms with Crippen LogP contribution in [0.2, 0.25) is 0 Å². The second-order valence-electron chi connectivity index (χ2n) is 6.92. The number of ether oxygens (including phenoxy) is 1. The van der Waals surface area contributed by atoms with Gasteiger partial charge in [0, 0.05) is 12.0 Å². The Kier molecular flexibility index (Phi) is 6.12. The zero-order chi connectivity index (χ0) is 19.6. The highest BCUT2D eigenvalue weighted by Crippen LogP contribution is 2.25. The van der Waals surface area contributed by atoms with Gasteiger partial charge < -0.3 is 15.6 Å². The van der Waals surface area contributed by atoms with Gasteiger partial charge in [0.1, 0.15) is 5.60 Å². The number of carboxylic acid groups (broad SMARTS) is 1. The number of carbonyl (C=O) groups excluding carboxylic acids is 2. The summed E-state index contributed by atoms with van der Waals surface area (Å²) in [6.45, 7) is 8.48. The van der Waals surface area contributed by atoms with Gasteiger partial charge in [-0.15, -0.1) is 12.6 Å². The number of nitrogens with one attached hydrogen (secondary N) is 1. The Labute approximate surface area is 152 Å². The average molecular weight is 368 g/mol. The zero-order valence-corrected chi connectivity index (χ0v) is 15.9. The van der Waals surface area contributed by atoms with E-state index in [-0.39, 0.29) is 6.42 Å². The molecule has 1 aromatic rings. The minimum Gasteiger partial charge on any atom is -0.479 e. The van der Waals surface area contributed by atoms with Crippen molar-refractivity contribution >= 4 is 30.6 Å². The summed E-state index contributed by atoms with van der Waals surface area (Å²) in [4.78, 5) is 33.1. The van der Waals surface area contributed by atoms with E-state index in [1.807, 2.05) is 0 Å². The molecule has 138 valence electrons. The Morgan fingerprint density at radius 2 is 1.68 bits per heavy atom. The molecule has 25 heavy (non-hydrogen) atoms. The fourth-order valence-electron chi connectivity index (χ4n) is 2.32. The van der Waals surface area contributed by atoms with Crippen LogP contribution >= 0.6 is 12.6 Å². The van der Waals surface area contributed by atoms with Crippen LogP contribution in [0.1, 0.15) is 47.8 Å². The van der Waals surface area contributed by atoms with Crippen LogP contribution in [0.25, 0.3) is 0 Å². The molecule has 0 saturated heterocycles. The molecule has 4 N–H and O–H groups in total. The minimum absolute atomic E-state index is 0.0958. The van der Waals surface area contributed by atoms with Gasteiger partial charge in [-0.25, -0.2) is 9.59 Å². The van der Waals surface area contributed by atoms with E-state index in [9.17, 15) is 19.5 Å². The molecule has 0 heterocycles. The minimum atomic E-state index is -1.87. The van der Waals surface area contributed by atoms with E-state index in [1.165, 1.54) is 0 Å². The molecule has 0 radical (unpaired) electrons. The topological polar surface area (TPSA) is 119 Å². The zero-order valence-electron chi connectivity index (χ0n) is 15.0. The number of hydrogen-bond acceptors (Lipinski definition) is 5. The Hall–Kier alpha value is -2.22. The first kappa shape index (κ1) is 20.8. The van der Waals surface area contributed by atoms with Crippen LogP contribution < -0.4 is 11.1 Å². The number of hydrogen-bond donors (Lipinski definition) is 4. The Bertz CT molecular complexity index is 688. The smallest absolute Gasteiger partial charge is 0.409 e. The molecule has 0 aromatic heterocycles. The van der Waals surface area contributed by atoms with Gasteiger partial charge >= 0.3 is 12.1 Å². The summed E-state index contributed by atoms with van der Waals surface area (Å²) in [6.07, 6.45) is -0.976. The van der Waals surface area contributed by atoms with Crippen LogP contribution in [0.5, 0.6) is 0 Å². The predicted molar refractivity (Wildman–Crippen MR) is 96.9 cm³/mol. The van der Waals surface area contributed by atoms with Gasteiger partial charge in [0.05, 0.1) is 0 Å². The summed E-state index contributed by atoms with van der Waals surface area (Å²) in [5.74, 6) is -1.89. The first-order chi connectivity index (χ1) is 11.2. The molecule has 1 rings (SSSR count). The molecule has 1 atom stereocenters. The summed E-state index contributed by atoms with van der Waals surface area (Å²) in [5.41, 5.74) is 6.85. The lowest BCUT2D eigenvalue weighted by Gasteiger charge is -2.29. The standard InChI is InChI=1S/C17H24N2O5S/c1-9-6-11(13(18)20)7-10(2)12(9)8-17(25,14(21)22)19-15(23)24-16(3,4)5/h6-7,25H,8H2,1-5H3,(H2,18,20)(H,19,23)(H,21,22)/t17-/m1/s1. The third kappa shape index (κ3) is 5.67. The highest BCUT2D eigenvalue weighted by molar-refractivity contribution is 7.82. The molecule has 0 bridgehead atoms. The maximum Gasteiger partial charge on any atom is 0.409 e. The van der Waals surface area contributed by atoms with Gasteiger partial charge in [-0.2, -0.15) is 0 Å². The Morgan fingerprint density at radius 1 is 1.20 bits per heavy atom. The van der Waals surface area contributed by atoms with Crippen molar-refractivity contribution in [2.45, 2.75) is 51.5 Å². The SMILES string of the molecule is Cc1cc(C(N)=O)cc(C)c1C[C@](S)(NC(=O)OC(C)(C)C)C(=O)O. The fraction of sp³-hybridized carbons (Fsp3) is 0.471. The molecule has 0 aliphatic carbocycles. The summed E-state index contributed by atoms with van der Waals surface area (Å²) >= 11 is 4.17. The molecule has 0 spiro atoms. The largest absolute Gasteiger partial charge is 0.479 e. The maximum absolute atomic E-state index is 12.0. The number of alkyl carbamates (subject to hydrolysis) is 1. The first-order valence-electron chi connectivity index (χ1n) is 7.62. The van der Waals surface area contributed by atoms with Crippen molar-refractivity contribution in [3.05, 3.63) is 34.4 Å². The lowest BCUT2D eigenvalue weighted by Crippen LogP contribution is -2.53. The third-order valence-electron chi connectivity index (χ3n) is 3.47. The average Bonchev–Trinajstić information content (AvgIpc) is 2.39. The normalized spacial score (nSPS) is 13.7. The maximum atomic E-state index is 12.0. The van der Waals surface area contributed by atoms with Crippen molar-refractivity contribution in [3.8, 4) is 0 Å². The number of amides is 2. The van der Waals surface area contributed by atoms with Crippen molar-refractivity contribution in [2.24, 2.45) is 5.73 Å². The van der Waals surface area contributed by atoms with Crippen molar-refractivity contribution in [1.29, 1.82) is 0 Å². The molecule has 7 nitrogen and oxygen atoms in total. The molecule has 0 aliphatic rings. The van der Waals surface area contributed by atoms with E-state index in [0.29, 0.717) is 22.3 Å². The predicted octanol–water partition coefficient (Wildman–Crippen LogP) is 2.18. The van der Waals surface area contributed by atoms with Crippen LogP contribution in [0.15, 0.2) is 12.1 Å². The second-order valence-corrected chi connectivity index (χ2v) is 7.69. The van der Waals surface area contributed by atoms with Crippen LogP contribution in [-0.2, 0) is 16.0 Å². The van der Waals surface area contributed by atoms with E-state index < -0.39 is 28.4 Å². The number of aryl methyl sites for hydroxylation is 2. The van der Waals surface area contributed by atoms with Gasteiger partial charge in [0.15, 0.2) is 4.87 Å². The number of benzene rings is 1. The number of aliphatic carboxylic acids is 1. The molecule has 1 aromatic carbocycles. The molecule has 8 heteroatoms. The summed E-state index contributed by atoms with van der Waals surface area (Å²) in [7, 11) is 0. The number of primary amides is 1. The molecular formula is C17H24N2O5S. The number of nitrogens with two attached hydrogens (primary N) is 1. The fourth-order valence-corrected chi connectivity index (χ4v) is 2.57. The lowest BCUT2D eigenvalue weighted by atomic mass is 9.93. The van der Waals surface area contributed by atoms with Gasteiger partial charge in [0.25, 0.3) is 0 Å². The Morgan fingerprint density at radius 3 is 2.04 bits per heavy atom. The van der Waals surface area contributed by atoms with Crippen molar-refractivity contribution in [1.82, 2.24) is 5.32 Å².